The van der Waals surface area contributed by atoms with E-state index >= 15 is 0 Å². The van der Waals surface area contributed by atoms with E-state index < -0.39 is 0 Å². The average Bonchev–Trinajstić information content (AvgIpc) is 2.39. The summed E-state index contributed by atoms with van der Waals surface area (Å²) in [6.07, 6.45) is 1.91. The van der Waals surface area contributed by atoms with Crippen LogP contribution in [0.3, 0.4) is 0 Å². The van der Waals surface area contributed by atoms with Crippen LogP contribution in [0, 0.1) is 5.92 Å². The second-order valence-electron chi connectivity index (χ2n) is 4.09. The predicted octanol–water partition coefficient (Wildman–Crippen LogP) is 3.08. The Labute approximate surface area is 103 Å². The highest BCUT2D eigenvalue weighted by Crippen LogP contribution is 2.19. The van der Waals surface area contributed by atoms with Crippen LogP contribution in [0.15, 0.2) is 30.3 Å². The van der Waals surface area contributed by atoms with E-state index in [1.807, 2.05) is 30.3 Å². The van der Waals surface area contributed by atoms with E-state index in [0.29, 0.717) is 5.92 Å². The van der Waals surface area contributed by atoms with Gasteiger partial charge in [0.05, 0.1) is 7.11 Å². The van der Waals surface area contributed by atoms with Crippen molar-refractivity contribution in [3.63, 3.8) is 0 Å². The molecule has 1 aromatic carbocycles. The Morgan fingerprint density at radius 3 is 2.29 bits per heavy atom. The Morgan fingerprint density at radius 1 is 1.24 bits per heavy atom. The summed E-state index contributed by atoms with van der Waals surface area (Å²) in [6.45, 7) is 4.19. The number of anilines is 1. The van der Waals surface area contributed by atoms with Crippen LogP contribution in [0.4, 0.5) is 5.69 Å². The number of carbonyl (C=O) groups is 1. The molecule has 0 bridgehead atoms. The number of carbonyl (C=O) groups excluding carboxylic acids is 1. The van der Waals surface area contributed by atoms with E-state index in [0.717, 1.165) is 18.5 Å². The van der Waals surface area contributed by atoms with Gasteiger partial charge in [0.25, 0.3) is 0 Å². The Bertz CT molecular complexity index is 333. The lowest BCUT2D eigenvalue weighted by molar-refractivity contribution is -0.142. The summed E-state index contributed by atoms with van der Waals surface area (Å²) in [6, 6.07) is 9.50. The number of benzene rings is 1. The number of rotatable bonds is 6. The number of nitrogens with one attached hydrogen (secondary N) is 1. The van der Waals surface area contributed by atoms with Crippen LogP contribution >= 0.6 is 0 Å². The summed E-state index contributed by atoms with van der Waals surface area (Å²) in [4.78, 5) is 11.8. The fraction of sp³-hybridized carbons (Fsp3) is 0.500. The summed E-state index contributed by atoms with van der Waals surface area (Å²) in [5, 5.41) is 3.26. The molecule has 0 aromatic heterocycles. The van der Waals surface area contributed by atoms with Crippen molar-refractivity contribution in [3.8, 4) is 0 Å². The highest BCUT2D eigenvalue weighted by Gasteiger charge is 2.26. The SMILES string of the molecule is CCC(CC)C(Nc1ccccc1)C(=O)OC. The van der Waals surface area contributed by atoms with Crippen molar-refractivity contribution in [1.82, 2.24) is 0 Å². The van der Waals surface area contributed by atoms with Crippen LogP contribution in [0.5, 0.6) is 0 Å². The first-order valence-electron chi connectivity index (χ1n) is 6.12. The number of methoxy groups -OCH3 is 1. The maximum Gasteiger partial charge on any atom is 0.328 e. The summed E-state index contributed by atoms with van der Waals surface area (Å²) in [5.41, 5.74) is 0.954. The van der Waals surface area contributed by atoms with Crippen LogP contribution in [0.25, 0.3) is 0 Å². The van der Waals surface area contributed by atoms with Crippen molar-refractivity contribution in [2.45, 2.75) is 32.7 Å². The lowest BCUT2D eigenvalue weighted by Gasteiger charge is -2.24. The minimum atomic E-state index is -0.266. The van der Waals surface area contributed by atoms with Gasteiger partial charge in [0, 0.05) is 5.69 Å². The van der Waals surface area contributed by atoms with Gasteiger partial charge in [0.1, 0.15) is 6.04 Å². The predicted molar refractivity (Wildman–Crippen MR) is 69.9 cm³/mol. The van der Waals surface area contributed by atoms with Crippen LogP contribution in [-0.4, -0.2) is 19.1 Å². The molecule has 3 nitrogen and oxygen atoms in total. The smallest absolute Gasteiger partial charge is 0.328 e. The third-order valence-electron chi connectivity index (χ3n) is 3.07. The number of hydrogen-bond acceptors (Lipinski definition) is 3. The first-order chi connectivity index (χ1) is 8.22. The molecule has 1 N–H and O–H groups in total. The second kappa shape index (κ2) is 6.94. The third-order valence-corrected chi connectivity index (χ3v) is 3.07. The third kappa shape index (κ3) is 3.77. The van der Waals surface area contributed by atoms with Gasteiger partial charge in [-0.2, -0.15) is 0 Å². The molecule has 0 saturated heterocycles. The van der Waals surface area contributed by atoms with E-state index in [4.69, 9.17) is 4.74 Å². The van der Waals surface area contributed by atoms with Crippen molar-refractivity contribution in [2.75, 3.05) is 12.4 Å². The Balaban J connectivity index is 2.80. The summed E-state index contributed by atoms with van der Waals surface area (Å²) in [7, 11) is 1.43. The summed E-state index contributed by atoms with van der Waals surface area (Å²) in [5.74, 6) is 0.102. The minimum absolute atomic E-state index is 0.192. The maximum atomic E-state index is 11.8. The Morgan fingerprint density at radius 2 is 1.82 bits per heavy atom. The molecule has 0 aliphatic heterocycles. The zero-order valence-corrected chi connectivity index (χ0v) is 10.8. The van der Waals surface area contributed by atoms with E-state index in [-0.39, 0.29) is 12.0 Å². The fourth-order valence-corrected chi connectivity index (χ4v) is 1.97. The number of ether oxygens (including phenoxy) is 1. The average molecular weight is 235 g/mol. The molecular weight excluding hydrogens is 214 g/mol. The van der Waals surface area contributed by atoms with Gasteiger partial charge < -0.3 is 10.1 Å². The largest absolute Gasteiger partial charge is 0.467 e. The molecule has 0 spiro atoms. The molecule has 1 unspecified atom stereocenters. The van der Waals surface area contributed by atoms with Gasteiger partial charge in [0.15, 0.2) is 0 Å². The number of hydrogen-bond donors (Lipinski definition) is 1. The molecule has 1 rings (SSSR count). The van der Waals surface area contributed by atoms with Crippen molar-refractivity contribution in [1.29, 1.82) is 0 Å². The van der Waals surface area contributed by atoms with Crippen LogP contribution in [0.2, 0.25) is 0 Å². The molecular formula is C14H21NO2. The number of para-hydroxylation sites is 1. The van der Waals surface area contributed by atoms with E-state index in [1.165, 1.54) is 7.11 Å². The molecule has 0 heterocycles. The van der Waals surface area contributed by atoms with E-state index in [9.17, 15) is 4.79 Å². The van der Waals surface area contributed by atoms with Gasteiger partial charge in [-0.15, -0.1) is 0 Å². The highest BCUT2D eigenvalue weighted by atomic mass is 16.5. The molecule has 0 aliphatic rings. The molecule has 3 heteroatoms. The lowest BCUT2D eigenvalue weighted by atomic mass is 9.94. The van der Waals surface area contributed by atoms with Crippen molar-refractivity contribution in [2.24, 2.45) is 5.92 Å². The van der Waals surface area contributed by atoms with Gasteiger partial charge in [-0.1, -0.05) is 44.9 Å². The van der Waals surface area contributed by atoms with Crippen molar-refractivity contribution < 1.29 is 9.53 Å². The Hall–Kier alpha value is -1.51. The van der Waals surface area contributed by atoms with E-state index in [1.54, 1.807) is 0 Å². The molecule has 0 radical (unpaired) electrons. The zero-order valence-electron chi connectivity index (χ0n) is 10.8. The second-order valence-corrected chi connectivity index (χ2v) is 4.09. The summed E-state index contributed by atoms with van der Waals surface area (Å²) >= 11 is 0. The van der Waals surface area contributed by atoms with Gasteiger partial charge in [-0.05, 0) is 18.1 Å². The van der Waals surface area contributed by atoms with Crippen molar-refractivity contribution in [3.05, 3.63) is 30.3 Å². The topological polar surface area (TPSA) is 38.3 Å². The van der Waals surface area contributed by atoms with Crippen LogP contribution < -0.4 is 5.32 Å². The van der Waals surface area contributed by atoms with Gasteiger partial charge in [-0.25, -0.2) is 4.79 Å². The fourth-order valence-electron chi connectivity index (χ4n) is 1.97. The summed E-state index contributed by atoms with van der Waals surface area (Å²) < 4.78 is 4.87. The highest BCUT2D eigenvalue weighted by molar-refractivity contribution is 5.79. The molecule has 0 saturated carbocycles. The molecule has 1 atom stereocenters. The minimum Gasteiger partial charge on any atom is -0.467 e. The molecule has 0 amide bonds. The van der Waals surface area contributed by atoms with E-state index in [2.05, 4.69) is 19.2 Å². The zero-order chi connectivity index (χ0) is 12.7. The molecule has 0 aliphatic carbocycles. The van der Waals surface area contributed by atoms with Crippen LogP contribution in [-0.2, 0) is 9.53 Å². The molecule has 0 fully saturated rings. The first-order valence-corrected chi connectivity index (χ1v) is 6.12. The molecule has 17 heavy (non-hydrogen) atoms. The molecule has 1 aromatic rings. The van der Waals surface area contributed by atoms with Crippen molar-refractivity contribution >= 4 is 11.7 Å². The quantitative estimate of drug-likeness (QED) is 0.770. The molecule has 94 valence electrons. The number of esters is 1. The van der Waals surface area contributed by atoms with Gasteiger partial charge in [0.2, 0.25) is 0 Å². The Kier molecular flexibility index (Phi) is 5.53. The standard InChI is InChI=1S/C14H21NO2/c1-4-11(5-2)13(14(16)17-3)15-12-9-7-6-8-10-12/h6-11,13,15H,4-5H2,1-3H3. The van der Waals surface area contributed by atoms with Gasteiger partial charge in [-0.3, -0.25) is 0 Å². The normalized spacial score (nSPS) is 12.2. The van der Waals surface area contributed by atoms with Crippen LogP contribution in [0.1, 0.15) is 26.7 Å². The lowest BCUT2D eigenvalue weighted by Crippen LogP contribution is -2.37. The first kappa shape index (κ1) is 13.6. The maximum absolute atomic E-state index is 11.8. The van der Waals surface area contributed by atoms with Gasteiger partial charge >= 0.3 is 5.97 Å². The monoisotopic (exact) mass is 235 g/mol.